The molecule has 0 bridgehead atoms. The third-order valence-corrected chi connectivity index (χ3v) is 4.86. The first-order valence-electron chi connectivity index (χ1n) is 10.6. The third kappa shape index (κ3) is 9.72. The topological polar surface area (TPSA) is 37.0 Å². The summed E-state index contributed by atoms with van der Waals surface area (Å²) in [7, 11) is 0. The van der Waals surface area contributed by atoms with Crippen LogP contribution >= 0.6 is 0 Å². The summed E-state index contributed by atoms with van der Waals surface area (Å²) in [5.74, 6) is 1.03. The van der Waals surface area contributed by atoms with Gasteiger partial charge in [-0.05, 0) is 45.2 Å². The third-order valence-electron chi connectivity index (χ3n) is 4.86. The Kier molecular flexibility index (Phi) is 11.3. The van der Waals surface area contributed by atoms with Crippen LogP contribution in [0.1, 0.15) is 97.5 Å². The molecule has 0 aromatic carbocycles. The van der Waals surface area contributed by atoms with Gasteiger partial charge >= 0.3 is 0 Å². The fourth-order valence-corrected chi connectivity index (χ4v) is 3.22. The molecule has 1 heterocycles. The highest BCUT2D eigenvalue weighted by atomic mass is 15.0. The molecule has 25 heavy (non-hydrogen) atoms. The van der Waals surface area contributed by atoms with Crippen LogP contribution in [0, 0.1) is 6.92 Å². The van der Waals surface area contributed by atoms with Crippen molar-refractivity contribution in [1.29, 1.82) is 0 Å². The highest BCUT2D eigenvalue weighted by molar-refractivity contribution is 5.53. The Bertz CT molecular complexity index is 459. The highest BCUT2D eigenvalue weighted by Crippen LogP contribution is 2.20. The van der Waals surface area contributed by atoms with E-state index in [9.17, 15) is 0 Å². The summed E-state index contributed by atoms with van der Waals surface area (Å²) < 4.78 is 0. The maximum Gasteiger partial charge on any atom is 0.129 e. The zero-order valence-electron chi connectivity index (χ0n) is 17.3. The number of anilines is 2. The molecule has 0 amide bonds. The first kappa shape index (κ1) is 21.8. The van der Waals surface area contributed by atoms with E-state index in [1.165, 1.54) is 69.8 Å². The number of nitrogens with zero attached hydrogens (tertiary/aromatic N) is 1. The summed E-state index contributed by atoms with van der Waals surface area (Å²) in [6.07, 6.45) is 15.0. The van der Waals surface area contributed by atoms with Gasteiger partial charge in [0.05, 0.1) is 11.9 Å². The quantitative estimate of drug-likeness (QED) is 0.358. The van der Waals surface area contributed by atoms with Crippen molar-refractivity contribution in [2.45, 2.75) is 111 Å². The van der Waals surface area contributed by atoms with Crippen molar-refractivity contribution in [2.24, 2.45) is 0 Å². The molecule has 0 spiro atoms. The molecule has 1 rings (SSSR count). The summed E-state index contributed by atoms with van der Waals surface area (Å²) in [6.45, 7) is 11.2. The van der Waals surface area contributed by atoms with Crippen molar-refractivity contribution >= 4 is 11.5 Å². The SMILES string of the molecule is CCCCCCC(C)Nc1cnc(NC(C)CCCCCC)c(C)c1. The number of unbranched alkanes of at least 4 members (excludes halogenated alkanes) is 6. The van der Waals surface area contributed by atoms with Gasteiger partial charge in [0.1, 0.15) is 5.82 Å². The second-order valence-electron chi connectivity index (χ2n) is 7.68. The van der Waals surface area contributed by atoms with E-state index in [1.54, 1.807) is 0 Å². The van der Waals surface area contributed by atoms with E-state index in [4.69, 9.17) is 0 Å². The van der Waals surface area contributed by atoms with Gasteiger partial charge in [-0.15, -0.1) is 0 Å². The predicted octanol–water partition coefficient (Wildman–Crippen LogP) is 6.93. The Balaban J connectivity index is 2.39. The number of nitrogens with one attached hydrogen (secondary N) is 2. The molecular weight excluding hydrogens is 306 g/mol. The van der Waals surface area contributed by atoms with Crippen LogP contribution in [0.3, 0.4) is 0 Å². The van der Waals surface area contributed by atoms with E-state index in [1.807, 2.05) is 6.20 Å². The average Bonchev–Trinajstić information content (AvgIpc) is 2.58. The van der Waals surface area contributed by atoms with Crippen LogP contribution in [-0.4, -0.2) is 17.1 Å². The van der Waals surface area contributed by atoms with Crippen LogP contribution in [0.4, 0.5) is 11.5 Å². The van der Waals surface area contributed by atoms with Gasteiger partial charge in [0.25, 0.3) is 0 Å². The maximum absolute atomic E-state index is 4.65. The molecule has 2 atom stereocenters. The summed E-state index contributed by atoms with van der Waals surface area (Å²) in [4.78, 5) is 4.65. The van der Waals surface area contributed by atoms with Gasteiger partial charge in [0.15, 0.2) is 0 Å². The van der Waals surface area contributed by atoms with Crippen LogP contribution in [0.25, 0.3) is 0 Å². The van der Waals surface area contributed by atoms with Gasteiger partial charge in [-0.1, -0.05) is 65.2 Å². The van der Waals surface area contributed by atoms with Gasteiger partial charge in [-0.25, -0.2) is 4.98 Å². The van der Waals surface area contributed by atoms with Crippen LogP contribution in [-0.2, 0) is 0 Å². The number of pyridine rings is 1. The normalized spacial score (nSPS) is 13.5. The lowest BCUT2D eigenvalue weighted by atomic mass is 10.1. The minimum Gasteiger partial charge on any atom is -0.381 e. The minimum absolute atomic E-state index is 0.486. The van der Waals surface area contributed by atoms with E-state index in [0.717, 1.165) is 11.5 Å². The number of aryl methyl sites for hydroxylation is 1. The monoisotopic (exact) mass is 347 g/mol. The standard InChI is InChI=1S/C22H41N3/c1-6-8-10-12-14-19(4)24-21-16-18(3)22(23-17-21)25-20(5)15-13-11-9-7-2/h16-17,19-20,24H,6-15H2,1-5H3,(H,23,25). The molecule has 0 radical (unpaired) electrons. The molecule has 1 aromatic rings. The lowest BCUT2D eigenvalue weighted by Gasteiger charge is -2.19. The van der Waals surface area contributed by atoms with Gasteiger partial charge in [-0.3, -0.25) is 0 Å². The zero-order chi connectivity index (χ0) is 18.5. The Hall–Kier alpha value is -1.25. The lowest BCUT2D eigenvalue weighted by molar-refractivity contribution is 0.592. The van der Waals surface area contributed by atoms with E-state index in [0.29, 0.717) is 12.1 Å². The second-order valence-corrected chi connectivity index (χ2v) is 7.68. The molecule has 2 N–H and O–H groups in total. The van der Waals surface area contributed by atoms with Crippen molar-refractivity contribution in [1.82, 2.24) is 4.98 Å². The van der Waals surface area contributed by atoms with Crippen molar-refractivity contribution in [3.63, 3.8) is 0 Å². The van der Waals surface area contributed by atoms with E-state index in [2.05, 4.69) is 56.3 Å². The van der Waals surface area contributed by atoms with Crippen LogP contribution < -0.4 is 10.6 Å². The molecule has 0 aliphatic rings. The van der Waals surface area contributed by atoms with Gasteiger partial charge < -0.3 is 10.6 Å². The first-order valence-corrected chi connectivity index (χ1v) is 10.6. The molecule has 0 fully saturated rings. The van der Waals surface area contributed by atoms with E-state index < -0.39 is 0 Å². The molecular formula is C22H41N3. The lowest BCUT2D eigenvalue weighted by Crippen LogP contribution is -2.18. The van der Waals surface area contributed by atoms with Gasteiger partial charge in [0.2, 0.25) is 0 Å². The van der Waals surface area contributed by atoms with Crippen molar-refractivity contribution in [3.8, 4) is 0 Å². The molecule has 0 aliphatic carbocycles. The fourth-order valence-electron chi connectivity index (χ4n) is 3.22. The number of hydrogen-bond donors (Lipinski definition) is 2. The van der Waals surface area contributed by atoms with Crippen molar-refractivity contribution in [2.75, 3.05) is 10.6 Å². The Morgan fingerprint density at radius 3 is 1.92 bits per heavy atom. The highest BCUT2D eigenvalue weighted by Gasteiger charge is 2.08. The molecule has 0 saturated carbocycles. The second kappa shape index (κ2) is 13.0. The summed E-state index contributed by atoms with van der Waals surface area (Å²) in [5, 5.41) is 7.18. The average molecular weight is 348 g/mol. The van der Waals surface area contributed by atoms with Crippen LogP contribution in [0.15, 0.2) is 12.3 Å². The Morgan fingerprint density at radius 2 is 1.40 bits per heavy atom. The van der Waals surface area contributed by atoms with Gasteiger partial charge in [0, 0.05) is 12.1 Å². The molecule has 1 aromatic heterocycles. The molecule has 0 saturated heterocycles. The summed E-state index contributed by atoms with van der Waals surface area (Å²) >= 11 is 0. The number of rotatable bonds is 14. The smallest absolute Gasteiger partial charge is 0.129 e. The predicted molar refractivity (Wildman–Crippen MR) is 113 cm³/mol. The molecule has 144 valence electrons. The first-order chi connectivity index (χ1) is 12.1. The zero-order valence-corrected chi connectivity index (χ0v) is 17.3. The van der Waals surface area contributed by atoms with Crippen LogP contribution in [0.5, 0.6) is 0 Å². The number of hydrogen-bond acceptors (Lipinski definition) is 3. The van der Waals surface area contributed by atoms with E-state index in [-0.39, 0.29) is 0 Å². The maximum atomic E-state index is 4.65. The van der Waals surface area contributed by atoms with Crippen molar-refractivity contribution < 1.29 is 0 Å². The summed E-state index contributed by atoms with van der Waals surface area (Å²) in [5.41, 5.74) is 2.37. The van der Waals surface area contributed by atoms with Crippen LogP contribution in [0.2, 0.25) is 0 Å². The largest absolute Gasteiger partial charge is 0.381 e. The van der Waals surface area contributed by atoms with E-state index >= 15 is 0 Å². The Labute approximate surface area is 156 Å². The molecule has 3 nitrogen and oxygen atoms in total. The molecule has 0 aliphatic heterocycles. The summed E-state index contributed by atoms with van der Waals surface area (Å²) in [6, 6.07) is 3.22. The van der Waals surface area contributed by atoms with Gasteiger partial charge in [-0.2, -0.15) is 0 Å². The fraction of sp³-hybridized carbons (Fsp3) is 0.773. The molecule has 2 unspecified atom stereocenters. The number of aromatic nitrogens is 1. The molecule has 3 heteroatoms. The van der Waals surface area contributed by atoms with Crippen molar-refractivity contribution in [3.05, 3.63) is 17.8 Å². The Morgan fingerprint density at radius 1 is 0.840 bits per heavy atom. The minimum atomic E-state index is 0.486.